The Morgan fingerprint density at radius 1 is 1.30 bits per heavy atom. The number of nitrogens with zero attached hydrogens (tertiary/aromatic N) is 3. The van der Waals surface area contributed by atoms with E-state index in [2.05, 4.69) is 0 Å². The Morgan fingerprint density at radius 2 is 1.96 bits per heavy atom. The minimum Gasteiger partial charge on any atom is -0.328 e. The maximum atomic E-state index is 12.8. The van der Waals surface area contributed by atoms with Gasteiger partial charge in [0.05, 0.1) is 16.6 Å². The van der Waals surface area contributed by atoms with Crippen molar-refractivity contribution in [3.63, 3.8) is 0 Å². The molecule has 0 atom stereocenters. The molecule has 0 aromatic heterocycles. The first kappa shape index (κ1) is 20.2. The van der Waals surface area contributed by atoms with Crippen LogP contribution >= 0.6 is 11.6 Å². The van der Waals surface area contributed by atoms with Gasteiger partial charge in [-0.3, -0.25) is 14.9 Å². The van der Waals surface area contributed by atoms with E-state index in [1.807, 2.05) is 0 Å². The number of nitro benzene ring substituents is 1. The molecule has 0 aliphatic carbocycles. The number of hydrogen-bond acceptors (Lipinski definition) is 4. The number of hydrogen-bond donors (Lipinski definition) is 0. The Hall–Kier alpha value is -3.12. The van der Waals surface area contributed by atoms with Gasteiger partial charge in [0.1, 0.15) is 12.1 Å². The van der Waals surface area contributed by atoms with E-state index in [1.165, 1.54) is 19.2 Å². The molecule has 0 radical (unpaired) electrons. The summed E-state index contributed by atoms with van der Waals surface area (Å²) in [6, 6.07) is 7.96. The van der Waals surface area contributed by atoms with Crippen molar-refractivity contribution >= 4 is 23.2 Å². The molecule has 0 saturated carbocycles. The molecule has 0 aliphatic heterocycles. The van der Waals surface area contributed by atoms with Crippen molar-refractivity contribution < 1.29 is 22.9 Å². The van der Waals surface area contributed by atoms with Crippen molar-refractivity contribution in [2.45, 2.75) is 6.18 Å². The lowest BCUT2D eigenvalue weighted by molar-refractivity contribution is -0.385. The fourth-order valence-corrected chi connectivity index (χ4v) is 2.63. The summed E-state index contributed by atoms with van der Waals surface area (Å²) < 4.78 is 38.3. The molecule has 10 heteroatoms. The van der Waals surface area contributed by atoms with Crippen LogP contribution in [0.2, 0.25) is 5.02 Å². The SMILES string of the molecule is CN(CC#N)C(=O)c1cc(-c2ccc(C(F)(F)F)cc2Cl)ccc1[N+](=O)[O-]. The van der Waals surface area contributed by atoms with Crippen molar-refractivity contribution in [1.82, 2.24) is 4.90 Å². The summed E-state index contributed by atoms with van der Waals surface area (Å²) in [6.07, 6.45) is -4.57. The van der Waals surface area contributed by atoms with Crippen molar-refractivity contribution in [3.05, 3.63) is 62.7 Å². The number of carbonyl (C=O) groups excluding carboxylic acids is 1. The minimum atomic E-state index is -4.57. The predicted molar refractivity (Wildman–Crippen MR) is 91.1 cm³/mol. The first-order valence-corrected chi connectivity index (χ1v) is 7.72. The molecule has 0 aliphatic rings. The van der Waals surface area contributed by atoms with Crippen LogP contribution in [-0.4, -0.2) is 29.3 Å². The molecule has 1 amide bonds. The molecule has 6 nitrogen and oxygen atoms in total. The zero-order valence-corrected chi connectivity index (χ0v) is 14.5. The summed E-state index contributed by atoms with van der Waals surface area (Å²) >= 11 is 5.94. The van der Waals surface area contributed by atoms with Crippen molar-refractivity contribution in [1.29, 1.82) is 5.26 Å². The van der Waals surface area contributed by atoms with Crippen LogP contribution < -0.4 is 0 Å². The largest absolute Gasteiger partial charge is 0.416 e. The van der Waals surface area contributed by atoms with Crippen LogP contribution in [0.1, 0.15) is 15.9 Å². The third-order valence-corrected chi connectivity index (χ3v) is 4.00. The maximum absolute atomic E-state index is 12.8. The zero-order valence-electron chi connectivity index (χ0n) is 13.7. The molecule has 2 rings (SSSR count). The number of benzene rings is 2. The first-order valence-electron chi connectivity index (χ1n) is 7.34. The van der Waals surface area contributed by atoms with Gasteiger partial charge in [-0.2, -0.15) is 18.4 Å². The molecule has 0 N–H and O–H groups in total. The Morgan fingerprint density at radius 3 is 2.48 bits per heavy atom. The molecule has 0 unspecified atom stereocenters. The number of nitriles is 1. The van der Waals surface area contributed by atoms with Gasteiger partial charge in [0.25, 0.3) is 11.6 Å². The average molecular weight is 398 g/mol. The van der Waals surface area contributed by atoms with E-state index in [4.69, 9.17) is 16.9 Å². The number of alkyl halides is 3. The third-order valence-electron chi connectivity index (χ3n) is 3.69. The van der Waals surface area contributed by atoms with Gasteiger partial charge >= 0.3 is 6.18 Å². The standard InChI is InChI=1S/C17H11ClF3N3O3/c1-23(7-6-22)16(25)13-8-10(2-5-15(13)24(26)27)12-4-3-11(9-14(12)18)17(19,20)21/h2-5,8-9H,7H2,1H3. The van der Waals surface area contributed by atoms with E-state index >= 15 is 0 Å². The zero-order chi connectivity index (χ0) is 20.4. The average Bonchev–Trinajstić information content (AvgIpc) is 2.59. The second kappa shape index (κ2) is 7.63. The highest BCUT2D eigenvalue weighted by Crippen LogP contribution is 2.36. The Balaban J connectivity index is 2.57. The smallest absolute Gasteiger partial charge is 0.328 e. The summed E-state index contributed by atoms with van der Waals surface area (Å²) in [5.41, 5.74) is -1.32. The predicted octanol–water partition coefficient (Wildman–Crippen LogP) is 4.53. The fraction of sp³-hybridized carbons (Fsp3) is 0.176. The van der Waals surface area contributed by atoms with E-state index in [9.17, 15) is 28.1 Å². The summed E-state index contributed by atoms with van der Waals surface area (Å²) in [4.78, 5) is 23.8. The third kappa shape index (κ3) is 4.35. The highest BCUT2D eigenvalue weighted by Gasteiger charge is 2.31. The Kier molecular flexibility index (Phi) is 5.71. The van der Waals surface area contributed by atoms with Crippen molar-refractivity contribution in [2.75, 3.05) is 13.6 Å². The molecule has 27 heavy (non-hydrogen) atoms. The van der Waals surface area contributed by atoms with E-state index in [0.717, 1.165) is 29.2 Å². The van der Waals surface area contributed by atoms with Gasteiger partial charge in [0.2, 0.25) is 0 Å². The molecular weight excluding hydrogens is 387 g/mol. The summed E-state index contributed by atoms with van der Waals surface area (Å²) in [7, 11) is 1.30. The van der Waals surface area contributed by atoms with Crippen LogP contribution in [0, 0.1) is 21.4 Å². The highest BCUT2D eigenvalue weighted by atomic mass is 35.5. The molecule has 140 valence electrons. The Bertz CT molecular complexity index is 955. The van der Waals surface area contributed by atoms with E-state index < -0.39 is 28.3 Å². The number of amides is 1. The molecule has 0 heterocycles. The quantitative estimate of drug-likeness (QED) is 0.431. The van der Waals surface area contributed by atoms with E-state index in [-0.39, 0.29) is 28.3 Å². The van der Waals surface area contributed by atoms with Gasteiger partial charge in [0, 0.05) is 23.7 Å². The molecule has 0 spiro atoms. The van der Waals surface area contributed by atoms with Crippen LogP contribution in [-0.2, 0) is 6.18 Å². The summed E-state index contributed by atoms with van der Waals surface area (Å²) in [6.45, 7) is -0.290. The highest BCUT2D eigenvalue weighted by molar-refractivity contribution is 6.33. The molecule has 0 bridgehead atoms. The van der Waals surface area contributed by atoms with Gasteiger partial charge in [-0.1, -0.05) is 17.7 Å². The van der Waals surface area contributed by atoms with E-state index in [0.29, 0.717) is 0 Å². The molecule has 2 aromatic rings. The van der Waals surface area contributed by atoms with Crippen LogP contribution in [0.15, 0.2) is 36.4 Å². The lowest BCUT2D eigenvalue weighted by Crippen LogP contribution is -2.27. The summed E-state index contributed by atoms with van der Waals surface area (Å²) in [5.74, 6) is -0.770. The maximum Gasteiger partial charge on any atom is 0.416 e. The second-order valence-electron chi connectivity index (χ2n) is 5.50. The second-order valence-corrected chi connectivity index (χ2v) is 5.91. The lowest BCUT2D eigenvalue weighted by Gasteiger charge is -2.15. The normalized spacial score (nSPS) is 11.0. The molecular formula is C17H11ClF3N3O3. The van der Waals surface area contributed by atoms with Crippen LogP contribution in [0.25, 0.3) is 11.1 Å². The van der Waals surface area contributed by atoms with Crippen LogP contribution in [0.3, 0.4) is 0 Å². The Labute approximate surface area is 156 Å². The fourth-order valence-electron chi connectivity index (χ4n) is 2.34. The van der Waals surface area contributed by atoms with Crippen LogP contribution in [0.4, 0.5) is 18.9 Å². The van der Waals surface area contributed by atoms with Gasteiger partial charge in [-0.15, -0.1) is 0 Å². The van der Waals surface area contributed by atoms with Crippen molar-refractivity contribution in [3.8, 4) is 17.2 Å². The minimum absolute atomic E-state index is 0.177. The molecule has 0 saturated heterocycles. The van der Waals surface area contributed by atoms with Gasteiger partial charge in [-0.25, -0.2) is 0 Å². The number of nitro groups is 1. The lowest BCUT2D eigenvalue weighted by atomic mass is 9.99. The van der Waals surface area contributed by atoms with E-state index in [1.54, 1.807) is 6.07 Å². The van der Waals surface area contributed by atoms with Crippen molar-refractivity contribution in [2.24, 2.45) is 0 Å². The van der Waals surface area contributed by atoms with Crippen LogP contribution in [0.5, 0.6) is 0 Å². The molecule has 0 fully saturated rings. The summed E-state index contributed by atoms with van der Waals surface area (Å²) in [5, 5.41) is 19.7. The monoisotopic (exact) mass is 397 g/mol. The topological polar surface area (TPSA) is 87.2 Å². The van der Waals surface area contributed by atoms with Gasteiger partial charge in [-0.05, 0) is 29.8 Å². The first-order chi connectivity index (χ1) is 12.6. The number of rotatable bonds is 4. The number of carbonyl (C=O) groups is 1. The number of halogens is 4. The van der Waals surface area contributed by atoms with Gasteiger partial charge < -0.3 is 4.90 Å². The van der Waals surface area contributed by atoms with Gasteiger partial charge in [0.15, 0.2) is 0 Å². The molecule has 2 aromatic carbocycles.